The molecule has 2 amide bonds. The molecule has 1 fully saturated rings. The number of aryl methyl sites for hydroxylation is 1. The zero-order chi connectivity index (χ0) is 13.7. The summed E-state index contributed by atoms with van der Waals surface area (Å²) in [6, 6.07) is -0.00742. The van der Waals surface area contributed by atoms with Crippen LogP contribution in [0.5, 0.6) is 0 Å². The van der Waals surface area contributed by atoms with Crippen molar-refractivity contribution in [1.82, 2.24) is 25.3 Å². The van der Waals surface area contributed by atoms with Gasteiger partial charge in [0.2, 0.25) is 5.89 Å². The number of hydrogen-bond acceptors (Lipinski definition) is 5. The van der Waals surface area contributed by atoms with Crippen LogP contribution in [0.2, 0.25) is 0 Å². The zero-order valence-electron chi connectivity index (χ0n) is 11.6. The summed E-state index contributed by atoms with van der Waals surface area (Å²) in [6.07, 6.45) is 0.571. The number of nitrogens with zero attached hydrogens (tertiary/aromatic N) is 4. The summed E-state index contributed by atoms with van der Waals surface area (Å²) >= 11 is 0. The van der Waals surface area contributed by atoms with E-state index in [9.17, 15) is 4.79 Å². The van der Waals surface area contributed by atoms with Crippen LogP contribution in [-0.2, 0) is 6.42 Å². The molecule has 1 N–H and O–H groups in total. The minimum atomic E-state index is -0.00742. The minimum Gasteiger partial charge on any atom is -0.339 e. The summed E-state index contributed by atoms with van der Waals surface area (Å²) in [6.45, 7) is 8.97. The third kappa shape index (κ3) is 3.92. The minimum absolute atomic E-state index is 0.00742. The second kappa shape index (κ2) is 6.51. The van der Waals surface area contributed by atoms with Crippen molar-refractivity contribution < 1.29 is 9.32 Å². The lowest BCUT2D eigenvalue weighted by Gasteiger charge is -2.33. The Morgan fingerprint density at radius 2 is 2.11 bits per heavy atom. The second-order valence-corrected chi connectivity index (χ2v) is 4.64. The Hall–Kier alpha value is -1.63. The summed E-state index contributed by atoms with van der Waals surface area (Å²) in [5.74, 6) is 1.19. The highest BCUT2D eigenvalue weighted by Crippen LogP contribution is 2.01. The van der Waals surface area contributed by atoms with E-state index >= 15 is 0 Å². The fraction of sp³-hybridized carbons (Fsp3) is 0.750. The van der Waals surface area contributed by atoms with E-state index in [1.807, 2.05) is 4.90 Å². The van der Waals surface area contributed by atoms with Gasteiger partial charge in [0, 0.05) is 39.1 Å². The Balaban J connectivity index is 1.67. The highest BCUT2D eigenvalue weighted by Gasteiger charge is 2.19. The molecule has 1 aromatic rings. The molecule has 7 heteroatoms. The zero-order valence-corrected chi connectivity index (χ0v) is 11.6. The van der Waals surface area contributed by atoms with Gasteiger partial charge in [0.15, 0.2) is 5.82 Å². The average Bonchev–Trinajstić information content (AvgIpc) is 2.84. The molecule has 1 aromatic heterocycles. The topological polar surface area (TPSA) is 74.5 Å². The smallest absolute Gasteiger partial charge is 0.317 e. The Morgan fingerprint density at radius 3 is 2.68 bits per heavy atom. The molecule has 0 radical (unpaired) electrons. The number of carbonyl (C=O) groups excluding carboxylic acids is 1. The monoisotopic (exact) mass is 267 g/mol. The molecule has 0 bridgehead atoms. The number of amides is 2. The molecule has 19 heavy (non-hydrogen) atoms. The number of aromatic nitrogens is 2. The van der Waals surface area contributed by atoms with Crippen LogP contribution in [0.1, 0.15) is 18.6 Å². The lowest BCUT2D eigenvalue weighted by atomic mass is 10.3. The number of urea groups is 1. The summed E-state index contributed by atoms with van der Waals surface area (Å²) in [7, 11) is 0. The molecular weight excluding hydrogens is 246 g/mol. The maximum absolute atomic E-state index is 11.9. The van der Waals surface area contributed by atoms with Crippen LogP contribution >= 0.6 is 0 Å². The number of nitrogens with one attached hydrogen (secondary N) is 1. The van der Waals surface area contributed by atoms with Crippen molar-refractivity contribution in [3.05, 3.63) is 11.7 Å². The standard InChI is InChI=1S/C12H21N5O2/c1-3-16-6-8-17(9-7-16)12(18)13-5-4-11-14-10(2)15-19-11/h3-9H2,1-2H3,(H,13,18). The van der Waals surface area contributed by atoms with Crippen LogP contribution in [0.15, 0.2) is 4.52 Å². The van der Waals surface area contributed by atoms with Gasteiger partial charge in [-0.15, -0.1) is 0 Å². The molecule has 0 saturated carbocycles. The molecule has 1 saturated heterocycles. The molecule has 1 aliphatic heterocycles. The van der Waals surface area contributed by atoms with Crippen LogP contribution in [0.25, 0.3) is 0 Å². The van der Waals surface area contributed by atoms with Gasteiger partial charge in [0.25, 0.3) is 0 Å². The van der Waals surface area contributed by atoms with Crippen LogP contribution in [-0.4, -0.2) is 65.2 Å². The normalized spacial score (nSPS) is 16.6. The Morgan fingerprint density at radius 1 is 1.37 bits per heavy atom. The maximum Gasteiger partial charge on any atom is 0.317 e. The molecule has 0 unspecified atom stereocenters. The molecule has 0 aromatic carbocycles. The van der Waals surface area contributed by atoms with Gasteiger partial charge in [-0.25, -0.2) is 4.79 Å². The number of likely N-dealkylation sites (N-methyl/N-ethyl adjacent to an activating group) is 1. The fourth-order valence-electron chi connectivity index (χ4n) is 2.10. The van der Waals surface area contributed by atoms with Gasteiger partial charge in [-0.3, -0.25) is 0 Å². The van der Waals surface area contributed by atoms with E-state index in [1.54, 1.807) is 6.92 Å². The summed E-state index contributed by atoms with van der Waals surface area (Å²) in [5, 5.41) is 6.59. The van der Waals surface area contributed by atoms with Crippen molar-refractivity contribution in [3.63, 3.8) is 0 Å². The van der Waals surface area contributed by atoms with Gasteiger partial charge in [-0.05, 0) is 13.5 Å². The Labute approximate surface area is 112 Å². The number of hydrogen-bond donors (Lipinski definition) is 1. The van der Waals surface area contributed by atoms with Crippen molar-refractivity contribution in [1.29, 1.82) is 0 Å². The van der Waals surface area contributed by atoms with Crippen molar-refractivity contribution >= 4 is 6.03 Å². The third-order valence-electron chi connectivity index (χ3n) is 3.29. The molecule has 106 valence electrons. The van der Waals surface area contributed by atoms with Crippen molar-refractivity contribution in [2.75, 3.05) is 39.3 Å². The highest BCUT2D eigenvalue weighted by molar-refractivity contribution is 5.74. The first-order valence-corrected chi connectivity index (χ1v) is 6.73. The van der Waals surface area contributed by atoms with Crippen molar-refractivity contribution in [3.8, 4) is 0 Å². The van der Waals surface area contributed by atoms with Gasteiger partial charge >= 0.3 is 6.03 Å². The average molecular weight is 267 g/mol. The first-order chi connectivity index (χ1) is 9.19. The summed E-state index contributed by atoms with van der Waals surface area (Å²) < 4.78 is 4.99. The Bertz CT molecular complexity index is 412. The molecule has 7 nitrogen and oxygen atoms in total. The quantitative estimate of drug-likeness (QED) is 0.847. The van der Waals surface area contributed by atoms with Crippen molar-refractivity contribution in [2.45, 2.75) is 20.3 Å². The van der Waals surface area contributed by atoms with Gasteiger partial charge in [0.1, 0.15) is 0 Å². The number of carbonyl (C=O) groups is 1. The molecule has 0 aliphatic carbocycles. The van der Waals surface area contributed by atoms with E-state index in [1.165, 1.54) is 0 Å². The van der Waals surface area contributed by atoms with E-state index < -0.39 is 0 Å². The number of piperazine rings is 1. The lowest BCUT2D eigenvalue weighted by Crippen LogP contribution is -2.51. The van der Waals surface area contributed by atoms with E-state index in [4.69, 9.17) is 4.52 Å². The molecule has 1 aliphatic rings. The second-order valence-electron chi connectivity index (χ2n) is 4.64. The lowest BCUT2D eigenvalue weighted by molar-refractivity contribution is 0.143. The SMILES string of the molecule is CCN1CCN(C(=O)NCCc2nc(C)no2)CC1. The predicted octanol–water partition coefficient (Wildman–Crippen LogP) is 0.268. The first kappa shape index (κ1) is 13.8. The highest BCUT2D eigenvalue weighted by atomic mass is 16.5. The predicted molar refractivity (Wildman–Crippen MR) is 69.8 cm³/mol. The first-order valence-electron chi connectivity index (χ1n) is 6.73. The fourth-order valence-corrected chi connectivity index (χ4v) is 2.10. The van der Waals surface area contributed by atoms with E-state index in [-0.39, 0.29) is 6.03 Å². The van der Waals surface area contributed by atoms with E-state index in [0.717, 1.165) is 32.7 Å². The van der Waals surface area contributed by atoms with Crippen LogP contribution in [0, 0.1) is 6.92 Å². The molecular formula is C12H21N5O2. The van der Waals surface area contributed by atoms with Crippen LogP contribution in [0.3, 0.4) is 0 Å². The summed E-state index contributed by atoms with van der Waals surface area (Å²) in [5.41, 5.74) is 0. The molecule has 0 atom stereocenters. The van der Waals surface area contributed by atoms with E-state index in [2.05, 4.69) is 27.3 Å². The maximum atomic E-state index is 11.9. The van der Waals surface area contributed by atoms with Gasteiger partial charge in [-0.1, -0.05) is 12.1 Å². The van der Waals surface area contributed by atoms with Gasteiger partial charge in [0.05, 0.1) is 0 Å². The molecule has 0 spiro atoms. The number of rotatable bonds is 4. The van der Waals surface area contributed by atoms with Gasteiger partial charge in [-0.2, -0.15) is 4.98 Å². The van der Waals surface area contributed by atoms with Gasteiger partial charge < -0.3 is 19.6 Å². The Kier molecular flexibility index (Phi) is 4.73. The van der Waals surface area contributed by atoms with Crippen molar-refractivity contribution in [2.24, 2.45) is 0 Å². The van der Waals surface area contributed by atoms with E-state index in [0.29, 0.717) is 24.7 Å². The van der Waals surface area contributed by atoms with Crippen LogP contribution < -0.4 is 5.32 Å². The largest absolute Gasteiger partial charge is 0.339 e. The molecule has 2 heterocycles. The summed E-state index contributed by atoms with van der Waals surface area (Å²) in [4.78, 5) is 20.2. The van der Waals surface area contributed by atoms with Crippen LogP contribution in [0.4, 0.5) is 4.79 Å². The third-order valence-corrected chi connectivity index (χ3v) is 3.29. The molecule has 2 rings (SSSR count).